The molecule has 1 aliphatic heterocycles. The number of fused-ring (bicyclic) bond motifs is 1. The Kier molecular flexibility index (Phi) is 9.73. The van der Waals surface area contributed by atoms with E-state index in [1.165, 1.54) is 39.9 Å². The molecule has 0 radical (unpaired) electrons. The van der Waals surface area contributed by atoms with Gasteiger partial charge in [0.25, 0.3) is 11.8 Å². The molecule has 0 saturated heterocycles. The van der Waals surface area contributed by atoms with Crippen LogP contribution in [-0.4, -0.2) is 53.2 Å². The molecule has 2 heterocycles. The van der Waals surface area contributed by atoms with Crippen LogP contribution >= 0.6 is 0 Å². The predicted octanol–water partition coefficient (Wildman–Crippen LogP) is 4.67. The van der Waals surface area contributed by atoms with Crippen molar-refractivity contribution in [2.24, 2.45) is 0 Å². The maximum absolute atomic E-state index is 14.3. The number of para-hydroxylation sites is 1. The molecule has 0 spiro atoms. The van der Waals surface area contributed by atoms with Crippen LogP contribution in [0.15, 0.2) is 91.0 Å². The van der Waals surface area contributed by atoms with Gasteiger partial charge in [0.15, 0.2) is 0 Å². The average molecular weight is 664 g/mol. The predicted molar refractivity (Wildman–Crippen MR) is 166 cm³/mol. The molecule has 1 aliphatic rings. The van der Waals surface area contributed by atoms with Crippen LogP contribution in [0.3, 0.4) is 0 Å². The van der Waals surface area contributed by atoms with Gasteiger partial charge in [-0.3, -0.25) is 19.3 Å². The van der Waals surface area contributed by atoms with E-state index in [1.54, 1.807) is 37.3 Å². The second-order valence-electron chi connectivity index (χ2n) is 10.6. The third-order valence-electron chi connectivity index (χ3n) is 7.69. The van der Waals surface area contributed by atoms with Crippen molar-refractivity contribution in [3.8, 4) is 5.69 Å². The zero-order valence-corrected chi connectivity index (χ0v) is 25.6. The van der Waals surface area contributed by atoms with Gasteiger partial charge >= 0.3 is 12.1 Å². The van der Waals surface area contributed by atoms with Crippen molar-refractivity contribution in [1.82, 2.24) is 20.4 Å². The topological polar surface area (TPSA) is 123 Å². The Balaban J connectivity index is 1.66. The summed E-state index contributed by atoms with van der Waals surface area (Å²) in [5, 5.41) is 10.1. The molecule has 4 aromatic rings. The molecule has 10 nitrogen and oxygen atoms in total. The Hall–Kier alpha value is -5.79. The summed E-state index contributed by atoms with van der Waals surface area (Å²) in [4.78, 5) is 53.3. The van der Waals surface area contributed by atoms with Gasteiger partial charge in [0.1, 0.15) is 17.7 Å². The van der Waals surface area contributed by atoms with Crippen LogP contribution in [0.2, 0.25) is 0 Å². The summed E-state index contributed by atoms with van der Waals surface area (Å²) in [6.45, 7) is 1.60. The fraction of sp³-hybridized carbons (Fsp3) is 0.206. The number of nitrogens with one attached hydrogen (secondary N) is 2. The van der Waals surface area contributed by atoms with Crippen LogP contribution in [0.25, 0.3) is 5.69 Å². The van der Waals surface area contributed by atoms with E-state index >= 15 is 0 Å². The lowest BCUT2D eigenvalue weighted by Crippen LogP contribution is -2.55. The van der Waals surface area contributed by atoms with E-state index in [4.69, 9.17) is 5.10 Å². The third-order valence-corrected chi connectivity index (χ3v) is 7.69. The van der Waals surface area contributed by atoms with E-state index in [-0.39, 0.29) is 24.3 Å². The normalized spacial score (nSPS) is 16.0. The number of ether oxygens (including phenoxy) is 1. The summed E-state index contributed by atoms with van der Waals surface area (Å²) >= 11 is 0. The van der Waals surface area contributed by atoms with Crippen molar-refractivity contribution >= 4 is 29.5 Å². The van der Waals surface area contributed by atoms with E-state index in [9.17, 15) is 36.7 Å². The molecule has 0 saturated carbocycles. The molecule has 1 aromatic heterocycles. The van der Waals surface area contributed by atoms with Gasteiger partial charge in [-0.25, -0.2) is 13.9 Å². The fourth-order valence-corrected chi connectivity index (χ4v) is 5.49. The van der Waals surface area contributed by atoms with Crippen molar-refractivity contribution in [3.63, 3.8) is 0 Å². The van der Waals surface area contributed by atoms with E-state index < -0.39 is 53.2 Å². The number of alkyl halides is 3. The molecule has 248 valence electrons. The Labute approximate surface area is 272 Å². The van der Waals surface area contributed by atoms with Gasteiger partial charge in [-0.05, 0) is 55.0 Å². The number of carbonyl (C=O) groups excluding carboxylic acids is 4. The first-order chi connectivity index (χ1) is 22.9. The van der Waals surface area contributed by atoms with Crippen LogP contribution < -0.4 is 15.5 Å². The molecule has 3 aromatic carbocycles. The first-order valence-corrected chi connectivity index (χ1v) is 14.7. The van der Waals surface area contributed by atoms with Gasteiger partial charge in [-0.2, -0.15) is 18.3 Å². The molecule has 3 amide bonds. The maximum atomic E-state index is 14.3. The molecular formula is C34H29F4N5O5. The quantitative estimate of drug-likeness (QED) is 0.153. The Morgan fingerprint density at radius 2 is 1.69 bits per heavy atom. The number of amides is 3. The van der Waals surface area contributed by atoms with E-state index in [0.29, 0.717) is 28.7 Å². The number of likely N-dealkylation sites (N-methyl/N-ethyl adjacent to an activating group) is 1. The number of hydrogen-bond acceptors (Lipinski definition) is 6. The van der Waals surface area contributed by atoms with Crippen LogP contribution in [0.1, 0.15) is 45.6 Å². The van der Waals surface area contributed by atoms with Gasteiger partial charge < -0.3 is 15.4 Å². The van der Waals surface area contributed by atoms with Crippen molar-refractivity contribution in [3.05, 3.63) is 125 Å². The maximum Gasteiger partial charge on any atom is 0.416 e. The largest absolute Gasteiger partial charge is 0.466 e. The molecule has 2 N–H and O–H groups in total. The van der Waals surface area contributed by atoms with Gasteiger partial charge in [0.05, 0.1) is 30.6 Å². The van der Waals surface area contributed by atoms with Gasteiger partial charge in [-0.15, -0.1) is 0 Å². The molecule has 5 rings (SSSR count). The lowest BCUT2D eigenvalue weighted by Gasteiger charge is -2.38. The van der Waals surface area contributed by atoms with Crippen LogP contribution in [0.5, 0.6) is 0 Å². The minimum atomic E-state index is -4.71. The highest BCUT2D eigenvalue weighted by Gasteiger charge is 2.46. The SMILES string of the molecule is CCN1C(=O)C(NC(=O)c2cccc(C(F)(F)F)c2)C(c2ccc(F)cc2)c2c(CNC(=O)/C=C/C(=O)OC)nn(-c3ccccc3)c21. The van der Waals surface area contributed by atoms with E-state index in [0.717, 1.165) is 31.4 Å². The zero-order chi connectivity index (χ0) is 34.6. The van der Waals surface area contributed by atoms with E-state index in [1.807, 2.05) is 0 Å². The van der Waals surface area contributed by atoms with Gasteiger partial charge in [0.2, 0.25) is 5.91 Å². The minimum absolute atomic E-state index is 0.101. The van der Waals surface area contributed by atoms with Crippen molar-refractivity contribution in [2.45, 2.75) is 31.6 Å². The van der Waals surface area contributed by atoms with Crippen molar-refractivity contribution < 1.29 is 41.5 Å². The van der Waals surface area contributed by atoms with Crippen molar-refractivity contribution in [2.75, 3.05) is 18.6 Å². The van der Waals surface area contributed by atoms with Crippen molar-refractivity contribution in [1.29, 1.82) is 0 Å². The highest BCUT2D eigenvalue weighted by molar-refractivity contribution is 6.05. The number of anilines is 1. The molecular weight excluding hydrogens is 634 g/mol. The van der Waals surface area contributed by atoms with E-state index in [2.05, 4.69) is 15.4 Å². The smallest absolute Gasteiger partial charge is 0.416 e. The lowest BCUT2D eigenvalue weighted by molar-refractivity contribution is -0.137. The second kappa shape index (κ2) is 13.9. The molecule has 14 heteroatoms. The van der Waals surface area contributed by atoms with Crippen LogP contribution in [-0.2, 0) is 31.8 Å². The summed E-state index contributed by atoms with van der Waals surface area (Å²) < 4.78 is 60.6. The third kappa shape index (κ3) is 6.97. The first kappa shape index (κ1) is 33.6. The minimum Gasteiger partial charge on any atom is -0.466 e. The number of aromatic nitrogens is 2. The molecule has 0 aliphatic carbocycles. The zero-order valence-electron chi connectivity index (χ0n) is 25.6. The Morgan fingerprint density at radius 3 is 2.33 bits per heavy atom. The number of esters is 1. The Bertz CT molecular complexity index is 1870. The summed E-state index contributed by atoms with van der Waals surface area (Å²) in [7, 11) is 1.16. The van der Waals surface area contributed by atoms with Crippen LogP contribution in [0, 0.1) is 5.82 Å². The summed E-state index contributed by atoms with van der Waals surface area (Å²) in [6.07, 6.45) is -2.80. The number of benzene rings is 3. The average Bonchev–Trinajstić information content (AvgIpc) is 3.45. The number of methoxy groups -OCH3 is 1. The molecule has 0 fully saturated rings. The summed E-state index contributed by atoms with van der Waals surface area (Å²) in [6, 6.07) is 16.5. The van der Waals surface area contributed by atoms with Crippen LogP contribution in [0.4, 0.5) is 23.4 Å². The molecule has 2 unspecified atom stereocenters. The number of hydrogen-bond donors (Lipinski definition) is 2. The monoisotopic (exact) mass is 663 g/mol. The lowest BCUT2D eigenvalue weighted by atomic mass is 9.80. The summed E-state index contributed by atoms with van der Waals surface area (Å²) in [5.41, 5.74) is 0.260. The number of nitrogens with zero attached hydrogens (tertiary/aromatic N) is 3. The molecule has 2 atom stereocenters. The Morgan fingerprint density at radius 1 is 0.979 bits per heavy atom. The first-order valence-electron chi connectivity index (χ1n) is 14.7. The van der Waals surface area contributed by atoms with Gasteiger partial charge in [-0.1, -0.05) is 36.4 Å². The second-order valence-corrected chi connectivity index (χ2v) is 10.6. The van der Waals surface area contributed by atoms with Gasteiger partial charge in [0, 0.05) is 35.7 Å². The fourth-order valence-electron chi connectivity index (χ4n) is 5.49. The number of halogens is 4. The molecule has 48 heavy (non-hydrogen) atoms. The highest BCUT2D eigenvalue weighted by atomic mass is 19.4. The highest BCUT2D eigenvalue weighted by Crippen LogP contribution is 2.43. The molecule has 0 bridgehead atoms. The number of carbonyl (C=O) groups is 4. The summed E-state index contributed by atoms with van der Waals surface area (Å²) in [5.74, 6) is -4.20. The number of rotatable bonds is 9. The standard InChI is InChI=1S/C34H29F4N5O5/c1-3-42-32-29(25(19-39-26(44)16-17-27(45)48-2)41-43(32)24-10-5-4-6-11-24)28(20-12-14-23(35)15-13-20)30(33(42)47)40-31(46)21-8-7-9-22(18-21)34(36,37)38/h4-18,28,30H,3,19H2,1-2H3,(H,39,44)(H,40,46)/b17-16+.